The lowest BCUT2D eigenvalue weighted by atomic mass is 9.97. The number of amidine groups is 1. The lowest BCUT2D eigenvalue weighted by molar-refractivity contribution is -0.123. The van der Waals surface area contributed by atoms with E-state index in [1.165, 1.54) is 0 Å². The second-order valence-electron chi connectivity index (χ2n) is 4.14. The van der Waals surface area contributed by atoms with Crippen LogP contribution in [-0.4, -0.2) is 17.3 Å². The van der Waals surface area contributed by atoms with Crippen molar-refractivity contribution in [2.45, 2.75) is 58.4 Å². The van der Waals surface area contributed by atoms with E-state index < -0.39 is 5.54 Å². The quantitative estimate of drug-likeness (QED) is 0.720. The Kier molecular flexibility index (Phi) is 3.67. The highest BCUT2D eigenvalue weighted by Crippen LogP contribution is 2.23. The van der Waals surface area contributed by atoms with Gasteiger partial charge in [-0.05, 0) is 19.8 Å². The number of nitrogens with zero attached hydrogens (tertiary/aromatic N) is 1. The third-order valence-electron chi connectivity index (χ3n) is 2.63. The molecule has 0 bridgehead atoms. The highest BCUT2D eigenvalue weighted by Gasteiger charge is 2.37. The van der Waals surface area contributed by atoms with Crippen LogP contribution in [0.1, 0.15) is 52.9 Å². The van der Waals surface area contributed by atoms with Gasteiger partial charge in [0.2, 0.25) is 0 Å². The molecule has 0 fully saturated rings. The van der Waals surface area contributed by atoms with E-state index in [4.69, 9.17) is 0 Å². The molecule has 1 rings (SSSR count). The zero-order valence-corrected chi connectivity index (χ0v) is 9.39. The van der Waals surface area contributed by atoms with Gasteiger partial charge in [-0.15, -0.1) is 0 Å². The Morgan fingerprint density at radius 3 is 2.64 bits per heavy atom. The first-order chi connectivity index (χ1) is 6.62. The molecule has 1 heterocycles. The van der Waals surface area contributed by atoms with Crippen LogP contribution < -0.4 is 5.32 Å². The van der Waals surface area contributed by atoms with Gasteiger partial charge in [0.05, 0.1) is 0 Å². The van der Waals surface area contributed by atoms with Gasteiger partial charge in [-0.1, -0.05) is 26.7 Å². The number of carbonyl (C=O) groups excluding carboxylic acids is 1. The fourth-order valence-electron chi connectivity index (χ4n) is 1.76. The highest BCUT2D eigenvalue weighted by molar-refractivity contribution is 6.07. The second kappa shape index (κ2) is 4.58. The summed E-state index contributed by atoms with van der Waals surface area (Å²) in [7, 11) is 0. The van der Waals surface area contributed by atoms with Crippen molar-refractivity contribution < 1.29 is 4.79 Å². The Labute approximate surface area is 86.0 Å². The number of amides is 1. The van der Waals surface area contributed by atoms with Crippen LogP contribution >= 0.6 is 0 Å². The molecule has 1 aliphatic heterocycles. The van der Waals surface area contributed by atoms with Gasteiger partial charge in [-0.3, -0.25) is 9.79 Å². The predicted octanol–water partition coefficient (Wildman–Crippen LogP) is 2.26. The topological polar surface area (TPSA) is 41.5 Å². The summed E-state index contributed by atoms with van der Waals surface area (Å²) in [4.78, 5) is 16.1. The van der Waals surface area contributed by atoms with Crippen molar-refractivity contribution in [3.8, 4) is 0 Å². The standard InChI is InChI=1S/C11H20N2O/c1-4-6-7-9-12-10(14)11(3,13-9)8-5-2/h4-8H2,1-3H3,(H,12,13,14). The zero-order chi connectivity index (χ0) is 10.6. The molecule has 0 radical (unpaired) electrons. The SMILES string of the molecule is CCCCC1=NC(C)(CCC)C(=O)N1. The van der Waals surface area contributed by atoms with Gasteiger partial charge in [0.15, 0.2) is 0 Å². The number of hydrogen-bond donors (Lipinski definition) is 1. The lowest BCUT2D eigenvalue weighted by Gasteiger charge is -2.15. The van der Waals surface area contributed by atoms with Crippen LogP contribution in [0.4, 0.5) is 0 Å². The van der Waals surface area contributed by atoms with Crippen LogP contribution in [0.15, 0.2) is 4.99 Å². The Bertz CT molecular complexity index is 248. The molecule has 3 heteroatoms. The summed E-state index contributed by atoms with van der Waals surface area (Å²) in [6.45, 7) is 6.14. The van der Waals surface area contributed by atoms with Crippen LogP contribution in [-0.2, 0) is 4.79 Å². The molecule has 80 valence electrons. The molecule has 3 nitrogen and oxygen atoms in total. The van der Waals surface area contributed by atoms with Gasteiger partial charge in [-0.25, -0.2) is 0 Å². The van der Waals surface area contributed by atoms with Crippen molar-refractivity contribution in [3.63, 3.8) is 0 Å². The van der Waals surface area contributed by atoms with Gasteiger partial charge in [-0.2, -0.15) is 0 Å². The summed E-state index contributed by atoms with van der Waals surface area (Å²) >= 11 is 0. The molecular formula is C11H20N2O. The summed E-state index contributed by atoms with van der Waals surface area (Å²) in [6.07, 6.45) is 4.98. The van der Waals surface area contributed by atoms with Gasteiger partial charge >= 0.3 is 0 Å². The smallest absolute Gasteiger partial charge is 0.252 e. The van der Waals surface area contributed by atoms with Crippen molar-refractivity contribution in [2.75, 3.05) is 0 Å². The Morgan fingerprint density at radius 1 is 1.36 bits per heavy atom. The molecule has 0 aromatic carbocycles. The van der Waals surface area contributed by atoms with Crippen LogP contribution in [0.5, 0.6) is 0 Å². The van der Waals surface area contributed by atoms with Crippen molar-refractivity contribution in [2.24, 2.45) is 4.99 Å². The molecule has 1 N–H and O–H groups in total. The van der Waals surface area contributed by atoms with E-state index >= 15 is 0 Å². The predicted molar refractivity (Wildman–Crippen MR) is 58.4 cm³/mol. The first-order valence-electron chi connectivity index (χ1n) is 5.52. The average Bonchev–Trinajstić information content (AvgIpc) is 2.40. The largest absolute Gasteiger partial charge is 0.312 e. The number of unbranched alkanes of at least 4 members (excludes halogenated alkanes) is 1. The molecule has 1 aliphatic rings. The molecule has 0 aromatic heterocycles. The first kappa shape index (κ1) is 11.2. The van der Waals surface area contributed by atoms with Crippen molar-refractivity contribution in [3.05, 3.63) is 0 Å². The maximum atomic E-state index is 11.6. The first-order valence-corrected chi connectivity index (χ1v) is 5.52. The molecule has 14 heavy (non-hydrogen) atoms. The number of hydrogen-bond acceptors (Lipinski definition) is 2. The molecule has 0 spiro atoms. The van der Waals surface area contributed by atoms with E-state index in [0.29, 0.717) is 0 Å². The molecule has 0 aromatic rings. The van der Waals surface area contributed by atoms with Crippen molar-refractivity contribution >= 4 is 11.7 Å². The number of rotatable bonds is 5. The van der Waals surface area contributed by atoms with E-state index in [1.54, 1.807) is 0 Å². The van der Waals surface area contributed by atoms with E-state index in [0.717, 1.165) is 37.9 Å². The third-order valence-corrected chi connectivity index (χ3v) is 2.63. The summed E-state index contributed by atoms with van der Waals surface area (Å²) in [5.41, 5.74) is -0.488. The minimum atomic E-state index is -0.488. The van der Waals surface area contributed by atoms with Gasteiger partial charge in [0.1, 0.15) is 11.4 Å². The van der Waals surface area contributed by atoms with Gasteiger partial charge in [0, 0.05) is 6.42 Å². The minimum absolute atomic E-state index is 0.0745. The Morgan fingerprint density at radius 2 is 2.07 bits per heavy atom. The van der Waals surface area contributed by atoms with Crippen molar-refractivity contribution in [1.29, 1.82) is 0 Å². The minimum Gasteiger partial charge on any atom is -0.312 e. The summed E-state index contributed by atoms with van der Waals surface area (Å²) in [5.74, 6) is 0.957. The third kappa shape index (κ3) is 2.34. The lowest BCUT2D eigenvalue weighted by Crippen LogP contribution is -2.36. The summed E-state index contributed by atoms with van der Waals surface area (Å²) < 4.78 is 0. The fourth-order valence-corrected chi connectivity index (χ4v) is 1.76. The van der Waals surface area contributed by atoms with Gasteiger partial charge in [0.25, 0.3) is 5.91 Å². The normalized spacial score (nSPS) is 26.2. The Hall–Kier alpha value is -0.860. The second-order valence-corrected chi connectivity index (χ2v) is 4.14. The molecule has 1 amide bonds. The maximum Gasteiger partial charge on any atom is 0.252 e. The molecule has 0 saturated carbocycles. The number of nitrogens with one attached hydrogen (secondary N) is 1. The van der Waals surface area contributed by atoms with E-state index in [9.17, 15) is 4.79 Å². The number of aliphatic imine (C=N–C) groups is 1. The highest BCUT2D eigenvalue weighted by atomic mass is 16.2. The average molecular weight is 196 g/mol. The maximum absolute atomic E-state index is 11.6. The van der Waals surface area contributed by atoms with E-state index in [2.05, 4.69) is 24.2 Å². The molecule has 0 saturated heterocycles. The molecule has 1 atom stereocenters. The Balaban J connectivity index is 2.61. The molecular weight excluding hydrogens is 176 g/mol. The summed E-state index contributed by atoms with van der Waals surface area (Å²) in [6, 6.07) is 0. The number of carbonyl (C=O) groups is 1. The fraction of sp³-hybridized carbons (Fsp3) is 0.818. The van der Waals surface area contributed by atoms with Crippen LogP contribution in [0.2, 0.25) is 0 Å². The molecule has 1 unspecified atom stereocenters. The van der Waals surface area contributed by atoms with Gasteiger partial charge < -0.3 is 5.32 Å². The van der Waals surface area contributed by atoms with E-state index in [-0.39, 0.29) is 5.91 Å². The zero-order valence-electron chi connectivity index (χ0n) is 9.39. The monoisotopic (exact) mass is 196 g/mol. The van der Waals surface area contributed by atoms with Crippen LogP contribution in [0.3, 0.4) is 0 Å². The summed E-state index contributed by atoms with van der Waals surface area (Å²) in [5, 5.41) is 2.88. The van der Waals surface area contributed by atoms with Crippen LogP contribution in [0.25, 0.3) is 0 Å². The van der Waals surface area contributed by atoms with E-state index in [1.807, 2.05) is 6.92 Å². The van der Waals surface area contributed by atoms with Crippen LogP contribution in [0, 0.1) is 0 Å². The van der Waals surface area contributed by atoms with Crippen molar-refractivity contribution in [1.82, 2.24) is 5.32 Å². The molecule has 0 aliphatic carbocycles.